The van der Waals surface area contributed by atoms with Crippen molar-refractivity contribution in [2.45, 2.75) is 41.5 Å². The first kappa shape index (κ1) is 11.2. The summed E-state index contributed by atoms with van der Waals surface area (Å²) < 4.78 is 0. The third-order valence-corrected chi connectivity index (χ3v) is 3.84. The van der Waals surface area contributed by atoms with Crippen molar-refractivity contribution in [3.05, 3.63) is 45.5 Å². The van der Waals surface area contributed by atoms with Gasteiger partial charge >= 0.3 is 0 Å². The van der Waals surface area contributed by atoms with Gasteiger partial charge in [-0.3, -0.25) is 0 Å². The van der Waals surface area contributed by atoms with Gasteiger partial charge in [-0.2, -0.15) is 0 Å². The van der Waals surface area contributed by atoms with Crippen LogP contribution in [0.1, 0.15) is 33.4 Å². The SMILES string of the molecule is Cc1cc(C)c2c(C)cc(C)c(C)c2c1C. The molecular formula is C16H20. The number of aryl methyl sites for hydroxylation is 6. The molecule has 0 radical (unpaired) electrons. The van der Waals surface area contributed by atoms with Crippen LogP contribution >= 0.6 is 0 Å². The van der Waals surface area contributed by atoms with E-state index in [-0.39, 0.29) is 0 Å². The molecule has 2 rings (SSSR count). The van der Waals surface area contributed by atoms with E-state index in [0.717, 1.165) is 0 Å². The van der Waals surface area contributed by atoms with E-state index in [1.165, 1.54) is 44.2 Å². The van der Waals surface area contributed by atoms with Gasteiger partial charge in [0, 0.05) is 0 Å². The van der Waals surface area contributed by atoms with E-state index in [1.54, 1.807) is 0 Å². The fourth-order valence-electron chi connectivity index (χ4n) is 2.77. The highest BCUT2D eigenvalue weighted by Crippen LogP contribution is 2.32. The Morgan fingerprint density at radius 2 is 0.875 bits per heavy atom. The largest absolute Gasteiger partial charge is 0.0555 e. The van der Waals surface area contributed by atoms with Crippen molar-refractivity contribution in [2.24, 2.45) is 0 Å². The van der Waals surface area contributed by atoms with Crippen LogP contribution in [0.5, 0.6) is 0 Å². The van der Waals surface area contributed by atoms with Gasteiger partial charge in [-0.05, 0) is 85.7 Å². The molecule has 0 aliphatic carbocycles. The minimum atomic E-state index is 1.40. The Balaban J connectivity index is 3.11. The number of hydrogen-bond donors (Lipinski definition) is 0. The number of hydrogen-bond acceptors (Lipinski definition) is 0. The normalized spacial score (nSPS) is 11.1. The lowest BCUT2D eigenvalue weighted by Gasteiger charge is -2.16. The molecule has 84 valence electrons. The first-order valence-electron chi connectivity index (χ1n) is 5.90. The molecule has 16 heavy (non-hydrogen) atoms. The van der Waals surface area contributed by atoms with Crippen molar-refractivity contribution in [1.29, 1.82) is 0 Å². The molecule has 0 heteroatoms. The molecule has 0 saturated heterocycles. The average Bonchev–Trinajstić information content (AvgIpc) is 2.20. The minimum Gasteiger partial charge on any atom is -0.0555 e. The highest BCUT2D eigenvalue weighted by molar-refractivity contribution is 5.95. The zero-order chi connectivity index (χ0) is 12.0. The Labute approximate surface area is 98.3 Å². The summed E-state index contributed by atoms with van der Waals surface area (Å²) in [7, 11) is 0. The summed E-state index contributed by atoms with van der Waals surface area (Å²) in [5.41, 5.74) is 8.48. The van der Waals surface area contributed by atoms with Gasteiger partial charge < -0.3 is 0 Å². The van der Waals surface area contributed by atoms with Crippen molar-refractivity contribution in [2.75, 3.05) is 0 Å². The van der Waals surface area contributed by atoms with Crippen molar-refractivity contribution >= 4 is 10.8 Å². The molecule has 0 heterocycles. The van der Waals surface area contributed by atoms with Gasteiger partial charge in [0.25, 0.3) is 0 Å². The Bertz CT molecular complexity index is 526. The Hall–Kier alpha value is -1.30. The summed E-state index contributed by atoms with van der Waals surface area (Å²) in [5.74, 6) is 0. The Kier molecular flexibility index (Phi) is 2.53. The van der Waals surface area contributed by atoms with E-state index in [2.05, 4.69) is 53.7 Å². The fraction of sp³-hybridized carbons (Fsp3) is 0.375. The Morgan fingerprint density at radius 1 is 0.500 bits per heavy atom. The molecule has 0 fully saturated rings. The standard InChI is InChI=1S/C16H20/c1-9-7-11(3)15-12(4)8-10(2)14(6)16(15)13(9)5/h7-8H,1-6H3. The lowest BCUT2D eigenvalue weighted by Crippen LogP contribution is -1.95. The maximum atomic E-state index is 2.30. The van der Waals surface area contributed by atoms with Crippen LogP contribution in [0.2, 0.25) is 0 Å². The maximum absolute atomic E-state index is 2.30. The highest BCUT2D eigenvalue weighted by atomic mass is 14.1. The van der Waals surface area contributed by atoms with Crippen LogP contribution < -0.4 is 0 Å². The van der Waals surface area contributed by atoms with E-state index < -0.39 is 0 Å². The van der Waals surface area contributed by atoms with E-state index in [1.807, 2.05) is 0 Å². The summed E-state index contributed by atoms with van der Waals surface area (Å²) in [6.45, 7) is 13.3. The van der Waals surface area contributed by atoms with Gasteiger partial charge in [0.05, 0.1) is 0 Å². The van der Waals surface area contributed by atoms with E-state index >= 15 is 0 Å². The van der Waals surface area contributed by atoms with Crippen LogP contribution in [0.4, 0.5) is 0 Å². The lowest BCUT2D eigenvalue weighted by atomic mass is 9.89. The number of benzene rings is 2. The molecule has 0 amide bonds. The molecule has 0 saturated carbocycles. The molecular weight excluding hydrogens is 192 g/mol. The second-order valence-electron chi connectivity index (χ2n) is 5.02. The zero-order valence-electron chi connectivity index (χ0n) is 11.2. The maximum Gasteiger partial charge on any atom is -0.0115 e. The second kappa shape index (κ2) is 3.62. The van der Waals surface area contributed by atoms with Crippen molar-refractivity contribution < 1.29 is 0 Å². The molecule has 0 spiro atoms. The molecule has 2 aromatic rings. The van der Waals surface area contributed by atoms with Crippen molar-refractivity contribution in [1.82, 2.24) is 0 Å². The highest BCUT2D eigenvalue weighted by Gasteiger charge is 2.10. The predicted molar refractivity (Wildman–Crippen MR) is 72.4 cm³/mol. The lowest BCUT2D eigenvalue weighted by molar-refractivity contribution is 1.28. The second-order valence-corrected chi connectivity index (χ2v) is 5.02. The molecule has 0 N–H and O–H groups in total. The zero-order valence-corrected chi connectivity index (χ0v) is 11.2. The van der Waals surface area contributed by atoms with Gasteiger partial charge in [-0.25, -0.2) is 0 Å². The molecule has 0 aliphatic rings. The van der Waals surface area contributed by atoms with Gasteiger partial charge in [-0.15, -0.1) is 0 Å². The van der Waals surface area contributed by atoms with Gasteiger partial charge in [0.2, 0.25) is 0 Å². The van der Waals surface area contributed by atoms with E-state index in [9.17, 15) is 0 Å². The van der Waals surface area contributed by atoms with Crippen LogP contribution in [0, 0.1) is 41.5 Å². The third kappa shape index (κ3) is 1.44. The van der Waals surface area contributed by atoms with Crippen LogP contribution in [-0.4, -0.2) is 0 Å². The molecule has 0 unspecified atom stereocenters. The predicted octanol–water partition coefficient (Wildman–Crippen LogP) is 4.69. The summed E-state index contributed by atoms with van der Waals surface area (Å²) in [5, 5.41) is 2.92. The molecule has 0 bridgehead atoms. The molecule has 0 atom stereocenters. The topological polar surface area (TPSA) is 0 Å². The molecule has 0 aliphatic heterocycles. The summed E-state index contributed by atoms with van der Waals surface area (Å²) in [6, 6.07) is 4.61. The van der Waals surface area contributed by atoms with E-state index in [0.29, 0.717) is 0 Å². The summed E-state index contributed by atoms with van der Waals surface area (Å²) in [4.78, 5) is 0. The van der Waals surface area contributed by atoms with Crippen molar-refractivity contribution in [3.63, 3.8) is 0 Å². The van der Waals surface area contributed by atoms with Gasteiger partial charge in [0.15, 0.2) is 0 Å². The smallest absolute Gasteiger partial charge is 0.0115 e. The molecule has 0 nitrogen and oxygen atoms in total. The third-order valence-electron chi connectivity index (χ3n) is 3.84. The van der Waals surface area contributed by atoms with Crippen LogP contribution in [0.25, 0.3) is 10.8 Å². The Morgan fingerprint density at radius 3 is 1.25 bits per heavy atom. The van der Waals surface area contributed by atoms with Crippen LogP contribution in [0.15, 0.2) is 12.1 Å². The van der Waals surface area contributed by atoms with Crippen molar-refractivity contribution in [3.8, 4) is 0 Å². The first-order valence-corrected chi connectivity index (χ1v) is 5.90. The average molecular weight is 212 g/mol. The van der Waals surface area contributed by atoms with Gasteiger partial charge in [0.1, 0.15) is 0 Å². The molecule has 2 aromatic carbocycles. The summed E-state index contributed by atoms with van der Waals surface area (Å²) in [6.07, 6.45) is 0. The van der Waals surface area contributed by atoms with Gasteiger partial charge in [-0.1, -0.05) is 12.1 Å². The number of rotatable bonds is 0. The van der Waals surface area contributed by atoms with Crippen LogP contribution in [0.3, 0.4) is 0 Å². The molecule has 0 aromatic heterocycles. The first-order chi connectivity index (χ1) is 7.43. The minimum absolute atomic E-state index is 1.40. The fourth-order valence-corrected chi connectivity index (χ4v) is 2.77. The van der Waals surface area contributed by atoms with Crippen LogP contribution in [-0.2, 0) is 0 Å². The van der Waals surface area contributed by atoms with E-state index in [4.69, 9.17) is 0 Å². The quantitative estimate of drug-likeness (QED) is 0.594. The summed E-state index contributed by atoms with van der Waals surface area (Å²) >= 11 is 0. The monoisotopic (exact) mass is 212 g/mol. The number of fused-ring (bicyclic) bond motifs is 1.